The van der Waals surface area contributed by atoms with Gasteiger partial charge in [-0.05, 0) is 55.3 Å². The zero-order valence-electron chi connectivity index (χ0n) is 13.2. The van der Waals surface area contributed by atoms with Crippen LogP contribution in [0.5, 0.6) is 11.5 Å². The molecule has 1 amide bonds. The number of carbonyl (C=O) groups excluding carboxylic acids is 1. The van der Waals surface area contributed by atoms with Crippen LogP contribution in [0.25, 0.3) is 0 Å². The highest BCUT2D eigenvalue weighted by Gasteiger charge is 2.21. The lowest BCUT2D eigenvalue weighted by Crippen LogP contribution is -2.42. The molecule has 1 heterocycles. The number of nitrogens with zero attached hydrogens (tertiary/aromatic N) is 1. The quantitative estimate of drug-likeness (QED) is 0.888. The van der Waals surface area contributed by atoms with E-state index >= 15 is 0 Å². The third-order valence-corrected chi connectivity index (χ3v) is 4.19. The number of halogens is 2. The summed E-state index contributed by atoms with van der Waals surface area (Å²) in [7, 11) is 0. The van der Waals surface area contributed by atoms with Crippen LogP contribution in [-0.4, -0.2) is 29.9 Å². The minimum Gasteiger partial charge on any atom is -0.457 e. The summed E-state index contributed by atoms with van der Waals surface area (Å²) in [5.41, 5.74) is 6.54. The van der Waals surface area contributed by atoms with Crippen molar-refractivity contribution in [3.63, 3.8) is 0 Å². The highest BCUT2D eigenvalue weighted by molar-refractivity contribution is 6.30. The van der Waals surface area contributed by atoms with Crippen molar-refractivity contribution in [2.75, 3.05) is 13.1 Å². The normalized spacial score (nSPS) is 14.8. The second kappa shape index (κ2) is 8.38. The average molecular weight is 367 g/mol. The number of rotatable bonds is 3. The molecule has 1 saturated heterocycles. The SMILES string of the molecule is Cl.NC1CCN(C(=O)c2ccc(Oc3cccc(Cl)c3)cc2)CC1. The molecule has 0 saturated carbocycles. The zero-order valence-corrected chi connectivity index (χ0v) is 14.7. The summed E-state index contributed by atoms with van der Waals surface area (Å²) in [6.45, 7) is 1.45. The predicted molar refractivity (Wildman–Crippen MR) is 98.3 cm³/mol. The van der Waals surface area contributed by atoms with Gasteiger partial charge in [-0.2, -0.15) is 0 Å². The van der Waals surface area contributed by atoms with E-state index in [0.717, 1.165) is 25.9 Å². The van der Waals surface area contributed by atoms with Crippen LogP contribution in [0.3, 0.4) is 0 Å². The average Bonchev–Trinajstić information content (AvgIpc) is 2.56. The molecule has 0 aliphatic carbocycles. The first-order valence-electron chi connectivity index (χ1n) is 7.70. The molecule has 3 rings (SSSR count). The minimum atomic E-state index is 0. The maximum absolute atomic E-state index is 12.4. The van der Waals surface area contributed by atoms with Gasteiger partial charge in [0.2, 0.25) is 0 Å². The fourth-order valence-electron chi connectivity index (χ4n) is 2.62. The van der Waals surface area contributed by atoms with Gasteiger partial charge in [0.25, 0.3) is 5.91 Å². The smallest absolute Gasteiger partial charge is 0.253 e. The molecule has 4 nitrogen and oxygen atoms in total. The highest BCUT2D eigenvalue weighted by Crippen LogP contribution is 2.24. The first-order valence-corrected chi connectivity index (χ1v) is 8.08. The molecule has 24 heavy (non-hydrogen) atoms. The molecule has 0 radical (unpaired) electrons. The lowest BCUT2D eigenvalue weighted by atomic mass is 10.0. The Labute approximate surface area is 153 Å². The molecule has 2 N–H and O–H groups in total. The maximum atomic E-state index is 12.4. The molecule has 1 fully saturated rings. The largest absolute Gasteiger partial charge is 0.457 e. The Morgan fingerprint density at radius 3 is 2.38 bits per heavy atom. The summed E-state index contributed by atoms with van der Waals surface area (Å²) in [5, 5.41) is 0.623. The van der Waals surface area contributed by atoms with Gasteiger partial charge in [-0.1, -0.05) is 17.7 Å². The van der Waals surface area contributed by atoms with E-state index in [2.05, 4.69) is 0 Å². The topological polar surface area (TPSA) is 55.6 Å². The summed E-state index contributed by atoms with van der Waals surface area (Å²) in [4.78, 5) is 14.3. The number of amides is 1. The first-order chi connectivity index (χ1) is 11.1. The highest BCUT2D eigenvalue weighted by atomic mass is 35.5. The summed E-state index contributed by atoms with van der Waals surface area (Å²) in [5.74, 6) is 1.39. The molecule has 0 atom stereocenters. The lowest BCUT2D eigenvalue weighted by Gasteiger charge is -2.30. The fraction of sp³-hybridized carbons (Fsp3) is 0.278. The summed E-state index contributed by atoms with van der Waals surface area (Å²) >= 11 is 5.94. The van der Waals surface area contributed by atoms with Crippen molar-refractivity contribution in [3.8, 4) is 11.5 Å². The molecule has 2 aromatic rings. The zero-order chi connectivity index (χ0) is 16.2. The number of hydrogen-bond donors (Lipinski definition) is 1. The van der Waals surface area contributed by atoms with Gasteiger partial charge in [-0.25, -0.2) is 0 Å². The van der Waals surface area contributed by atoms with E-state index in [1.807, 2.05) is 17.0 Å². The van der Waals surface area contributed by atoms with Crippen LogP contribution in [0.4, 0.5) is 0 Å². The number of ether oxygens (including phenoxy) is 1. The van der Waals surface area contributed by atoms with E-state index in [9.17, 15) is 4.79 Å². The molecule has 0 unspecified atom stereocenters. The van der Waals surface area contributed by atoms with E-state index in [4.69, 9.17) is 22.1 Å². The van der Waals surface area contributed by atoms with Gasteiger partial charge < -0.3 is 15.4 Å². The maximum Gasteiger partial charge on any atom is 0.253 e. The van der Waals surface area contributed by atoms with Crippen LogP contribution in [0, 0.1) is 0 Å². The van der Waals surface area contributed by atoms with Crippen LogP contribution in [-0.2, 0) is 0 Å². The van der Waals surface area contributed by atoms with E-state index in [1.54, 1.807) is 36.4 Å². The van der Waals surface area contributed by atoms with Gasteiger partial charge in [0, 0.05) is 29.7 Å². The van der Waals surface area contributed by atoms with Crippen molar-refractivity contribution in [1.29, 1.82) is 0 Å². The number of likely N-dealkylation sites (tertiary alicyclic amines) is 1. The molecule has 0 bridgehead atoms. The van der Waals surface area contributed by atoms with Crippen LogP contribution in [0.2, 0.25) is 5.02 Å². The fourth-order valence-corrected chi connectivity index (χ4v) is 2.80. The van der Waals surface area contributed by atoms with E-state index in [0.29, 0.717) is 22.1 Å². The van der Waals surface area contributed by atoms with E-state index in [1.165, 1.54) is 0 Å². The van der Waals surface area contributed by atoms with Crippen LogP contribution >= 0.6 is 24.0 Å². The van der Waals surface area contributed by atoms with Crippen molar-refractivity contribution < 1.29 is 9.53 Å². The number of hydrogen-bond acceptors (Lipinski definition) is 3. The third kappa shape index (κ3) is 4.63. The van der Waals surface area contributed by atoms with E-state index < -0.39 is 0 Å². The Balaban J connectivity index is 0.00000208. The molecule has 1 aliphatic heterocycles. The molecular weight excluding hydrogens is 347 g/mol. The molecule has 2 aromatic carbocycles. The standard InChI is InChI=1S/C18H19ClN2O2.ClH/c19-14-2-1-3-17(12-14)23-16-6-4-13(5-7-16)18(22)21-10-8-15(20)9-11-21;/h1-7,12,15H,8-11,20H2;1H. The van der Waals surface area contributed by atoms with Gasteiger partial charge in [-0.3, -0.25) is 4.79 Å². The molecule has 0 spiro atoms. The van der Waals surface area contributed by atoms with Crippen molar-refractivity contribution in [2.24, 2.45) is 5.73 Å². The summed E-state index contributed by atoms with van der Waals surface area (Å²) in [6.07, 6.45) is 1.73. The van der Waals surface area contributed by atoms with Crippen LogP contribution in [0.1, 0.15) is 23.2 Å². The van der Waals surface area contributed by atoms with Gasteiger partial charge in [-0.15, -0.1) is 12.4 Å². The number of benzene rings is 2. The number of piperidine rings is 1. The number of nitrogens with two attached hydrogens (primary N) is 1. The second-order valence-electron chi connectivity index (χ2n) is 5.71. The molecule has 1 aliphatic rings. The third-order valence-electron chi connectivity index (χ3n) is 3.96. The van der Waals surface area contributed by atoms with Crippen molar-refractivity contribution >= 4 is 29.9 Å². The lowest BCUT2D eigenvalue weighted by molar-refractivity contribution is 0.0715. The Morgan fingerprint density at radius 2 is 1.75 bits per heavy atom. The molecule has 128 valence electrons. The van der Waals surface area contributed by atoms with Crippen LogP contribution < -0.4 is 10.5 Å². The Hall–Kier alpha value is -1.75. The van der Waals surface area contributed by atoms with Crippen LogP contribution in [0.15, 0.2) is 48.5 Å². The Kier molecular flexibility index (Phi) is 6.49. The predicted octanol–water partition coefficient (Wildman–Crippen LogP) is 4.12. The molecular formula is C18H20Cl2N2O2. The van der Waals surface area contributed by atoms with Crippen molar-refractivity contribution in [3.05, 3.63) is 59.1 Å². The molecule has 0 aromatic heterocycles. The second-order valence-corrected chi connectivity index (χ2v) is 6.15. The summed E-state index contributed by atoms with van der Waals surface area (Å²) in [6, 6.07) is 14.6. The summed E-state index contributed by atoms with van der Waals surface area (Å²) < 4.78 is 5.73. The van der Waals surface area contributed by atoms with Crippen molar-refractivity contribution in [2.45, 2.75) is 18.9 Å². The van der Waals surface area contributed by atoms with Gasteiger partial charge >= 0.3 is 0 Å². The van der Waals surface area contributed by atoms with Gasteiger partial charge in [0.15, 0.2) is 0 Å². The van der Waals surface area contributed by atoms with Gasteiger partial charge in [0.1, 0.15) is 11.5 Å². The first kappa shape index (κ1) is 18.6. The molecule has 6 heteroatoms. The Bertz CT molecular complexity index is 684. The monoisotopic (exact) mass is 366 g/mol. The minimum absolute atomic E-state index is 0. The van der Waals surface area contributed by atoms with Gasteiger partial charge in [0.05, 0.1) is 0 Å². The number of carbonyl (C=O) groups is 1. The van der Waals surface area contributed by atoms with E-state index in [-0.39, 0.29) is 24.4 Å². The van der Waals surface area contributed by atoms with Crippen molar-refractivity contribution in [1.82, 2.24) is 4.90 Å². The Morgan fingerprint density at radius 1 is 1.08 bits per heavy atom.